The van der Waals surface area contributed by atoms with Gasteiger partial charge >= 0.3 is 0 Å². The Morgan fingerprint density at radius 1 is 1.32 bits per heavy atom. The molecule has 8 heteroatoms. The molecule has 3 aromatic rings. The first-order valence-corrected chi connectivity index (χ1v) is 8.27. The second-order valence-electron chi connectivity index (χ2n) is 5.80. The number of halogens is 1. The van der Waals surface area contributed by atoms with Crippen LogP contribution >= 0.6 is 11.6 Å². The Balaban J connectivity index is 1.75. The maximum absolute atomic E-state index is 12.4. The number of nitrogens with one attached hydrogen (secondary N) is 1. The van der Waals surface area contributed by atoms with Gasteiger partial charge in [-0.2, -0.15) is 10.2 Å². The second kappa shape index (κ2) is 7.06. The fourth-order valence-corrected chi connectivity index (χ4v) is 3.06. The van der Waals surface area contributed by atoms with Gasteiger partial charge in [0, 0.05) is 19.2 Å². The van der Waals surface area contributed by atoms with E-state index in [1.807, 2.05) is 25.6 Å². The number of nitrogens with zero attached hydrogens (tertiary/aromatic N) is 5. The molecule has 130 valence electrons. The minimum Gasteiger partial charge on any atom is -0.324 e. The molecule has 1 amide bonds. The summed E-state index contributed by atoms with van der Waals surface area (Å²) < 4.78 is 3.37. The molecule has 0 aliphatic rings. The van der Waals surface area contributed by atoms with E-state index in [2.05, 4.69) is 20.5 Å². The highest BCUT2D eigenvalue weighted by Crippen LogP contribution is 2.28. The van der Waals surface area contributed by atoms with Crippen molar-refractivity contribution in [2.24, 2.45) is 7.05 Å². The van der Waals surface area contributed by atoms with Crippen molar-refractivity contribution in [2.75, 3.05) is 5.32 Å². The molecule has 0 radical (unpaired) electrons. The third-order valence-corrected chi connectivity index (χ3v) is 4.47. The van der Waals surface area contributed by atoms with Crippen LogP contribution in [0.5, 0.6) is 0 Å². The fraction of sp³-hybridized carbons (Fsp3) is 0.294. The maximum atomic E-state index is 12.4. The lowest BCUT2D eigenvalue weighted by Gasteiger charge is -2.12. The van der Waals surface area contributed by atoms with Gasteiger partial charge in [0.05, 0.1) is 16.4 Å². The van der Waals surface area contributed by atoms with Gasteiger partial charge in [-0.15, -0.1) is 0 Å². The summed E-state index contributed by atoms with van der Waals surface area (Å²) in [5.74, 6) is -0.0914. The molecule has 25 heavy (non-hydrogen) atoms. The van der Waals surface area contributed by atoms with E-state index in [1.165, 1.54) is 11.0 Å². The molecule has 2 aromatic heterocycles. The Hall–Kier alpha value is -2.67. The van der Waals surface area contributed by atoms with Gasteiger partial charge < -0.3 is 5.32 Å². The predicted molar refractivity (Wildman–Crippen MR) is 96.0 cm³/mol. The van der Waals surface area contributed by atoms with Crippen molar-refractivity contribution in [2.45, 2.75) is 26.7 Å². The lowest BCUT2D eigenvalue weighted by Crippen LogP contribution is -2.15. The minimum atomic E-state index is -0.0914. The van der Waals surface area contributed by atoms with Crippen LogP contribution in [0.1, 0.15) is 23.4 Å². The van der Waals surface area contributed by atoms with E-state index >= 15 is 0 Å². The normalized spacial score (nSPS) is 10.9. The van der Waals surface area contributed by atoms with Gasteiger partial charge in [0.2, 0.25) is 5.91 Å². The number of benzene rings is 1. The standard InChI is InChI=1S/C17H19ClN6O/c1-11-13(12(2)23(3)22-11)7-8-16(25)21-15-6-4-5-14(18)17(15)24-10-19-9-20-24/h4-6,9-10H,7-8H2,1-3H3,(H,21,25). The molecule has 0 spiro atoms. The minimum absolute atomic E-state index is 0.0914. The number of amides is 1. The third kappa shape index (κ3) is 3.56. The lowest BCUT2D eigenvalue weighted by atomic mass is 10.1. The predicted octanol–water partition coefficient (Wildman–Crippen LogP) is 2.84. The summed E-state index contributed by atoms with van der Waals surface area (Å²) in [6, 6.07) is 5.33. The van der Waals surface area contributed by atoms with Crippen LogP contribution in [-0.2, 0) is 18.3 Å². The van der Waals surface area contributed by atoms with Crippen molar-refractivity contribution in [3.8, 4) is 5.69 Å². The highest BCUT2D eigenvalue weighted by molar-refractivity contribution is 6.33. The highest BCUT2D eigenvalue weighted by Gasteiger charge is 2.15. The largest absolute Gasteiger partial charge is 0.324 e. The number of rotatable bonds is 5. The molecule has 1 N–H and O–H groups in total. The first kappa shape index (κ1) is 17.2. The topological polar surface area (TPSA) is 77.6 Å². The number of aryl methyl sites for hydroxylation is 2. The van der Waals surface area contributed by atoms with Crippen LogP contribution in [0.25, 0.3) is 5.69 Å². The summed E-state index contributed by atoms with van der Waals surface area (Å²) in [6.07, 6.45) is 3.95. The van der Waals surface area contributed by atoms with Gasteiger partial charge in [-0.05, 0) is 38.0 Å². The zero-order chi connectivity index (χ0) is 18.0. The van der Waals surface area contributed by atoms with Crippen LogP contribution in [0.2, 0.25) is 5.02 Å². The molecule has 0 unspecified atom stereocenters. The number of carbonyl (C=O) groups is 1. The lowest BCUT2D eigenvalue weighted by molar-refractivity contribution is -0.116. The molecule has 1 aromatic carbocycles. The molecule has 0 bridgehead atoms. The van der Waals surface area contributed by atoms with Crippen molar-refractivity contribution in [1.29, 1.82) is 0 Å². The summed E-state index contributed by atoms with van der Waals surface area (Å²) >= 11 is 6.27. The van der Waals surface area contributed by atoms with Gasteiger partial charge in [-0.25, -0.2) is 9.67 Å². The van der Waals surface area contributed by atoms with Gasteiger partial charge in [-0.3, -0.25) is 9.48 Å². The average Bonchev–Trinajstić information content (AvgIpc) is 3.16. The summed E-state index contributed by atoms with van der Waals surface area (Å²) in [5.41, 5.74) is 4.35. The first-order chi connectivity index (χ1) is 12.0. The van der Waals surface area contributed by atoms with E-state index in [-0.39, 0.29) is 5.91 Å². The van der Waals surface area contributed by atoms with Crippen molar-refractivity contribution >= 4 is 23.2 Å². The zero-order valence-corrected chi connectivity index (χ0v) is 15.1. The Labute approximate surface area is 150 Å². The van der Waals surface area contributed by atoms with Crippen LogP contribution in [0, 0.1) is 13.8 Å². The molecule has 0 atom stereocenters. The maximum Gasteiger partial charge on any atom is 0.224 e. The highest BCUT2D eigenvalue weighted by atomic mass is 35.5. The molecule has 3 rings (SSSR count). The van der Waals surface area contributed by atoms with E-state index < -0.39 is 0 Å². The van der Waals surface area contributed by atoms with Gasteiger partial charge in [0.1, 0.15) is 18.3 Å². The molecule has 0 saturated carbocycles. The Kier molecular flexibility index (Phi) is 4.85. The quantitative estimate of drug-likeness (QED) is 0.760. The Bertz CT molecular complexity index is 900. The van der Waals surface area contributed by atoms with Crippen LogP contribution in [0.3, 0.4) is 0 Å². The number of hydrogen-bond acceptors (Lipinski definition) is 4. The molecule has 0 aliphatic carbocycles. The molecule has 0 fully saturated rings. The molecule has 0 saturated heterocycles. The fourth-order valence-electron chi connectivity index (χ4n) is 2.80. The Morgan fingerprint density at radius 2 is 2.12 bits per heavy atom. The van der Waals surface area contributed by atoms with Crippen LogP contribution < -0.4 is 5.32 Å². The molecule has 0 aliphatic heterocycles. The number of anilines is 1. The van der Waals surface area contributed by atoms with Crippen molar-refractivity contribution < 1.29 is 4.79 Å². The third-order valence-electron chi connectivity index (χ3n) is 4.17. The second-order valence-corrected chi connectivity index (χ2v) is 6.20. The van der Waals surface area contributed by atoms with E-state index in [9.17, 15) is 4.79 Å². The molecular formula is C17H19ClN6O. The van der Waals surface area contributed by atoms with Crippen LogP contribution in [-0.4, -0.2) is 30.5 Å². The number of hydrogen-bond donors (Lipinski definition) is 1. The summed E-state index contributed by atoms with van der Waals surface area (Å²) in [6.45, 7) is 3.97. The number of para-hydroxylation sites is 1. The van der Waals surface area contributed by atoms with Crippen molar-refractivity contribution in [3.63, 3.8) is 0 Å². The van der Waals surface area contributed by atoms with E-state index in [1.54, 1.807) is 24.5 Å². The SMILES string of the molecule is Cc1nn(C)c(C)c1CCC(=O)Nc1cccc(Cl)c1-n1cncn1. The van der Waals surface area contributed by atoms with Gasteiger partial charge in [-0.1, -0.05) is 17.7 Å². The number of aromatic nitrogens is 5. The van der Waals surface area contributed by atoms with E-state index in [4.69, 9.17) is 11.6 Å². The summed E-state index contributed by atoms with van der Waals surface area (Å²) in [7, 11) is 1.91. The van der Waals surface area contributed by atoms with E-state index in [0.717, 1.165) is 17.0 Å². The van der Waals surface area contributed by atoms with Gasteiger partial charge in [0.15, 0.2) is 0 Å². The van der Waals surface area contributed by atoms with Crippen molar-refractivity contribution in [1.82, 2.24) is 24.5 Å². The average molecular weight is 359 g/mol. The zero-order valence-electron chi connectivity index (χ0n) is 14.3. The van der Waals surface area contributed by atoms with E-state index in [0.29, 0.717) is 29.2 Å². The smallest absolute Gasteiger partial charge is 0.224 e. The Morgan fingerprint density at radius 3 is 2.76 bits per heavy atom. The van der Waals surface area contributed by atoms with Gasteiger partial charge in [0.25, 0.3) is 0 Å². The molecule has 7 nitrogen and oxygen atoms in total. The molecule has 2 heterocycles. The summed E-state index contributed by atoms with van der Waals surface area (Å²) in [4.78, 5) is 16.4. The van der Waals surface area contributed by atoms with Crippen molar-refractivity contribution in [3.05, 3.63) is 52.8 Å². The summed E-state index contributed by atoms with van der Waals surface area (Å²) in [5, 5.41) is 11.9. The first-order valence-electron chi connectivity index (χ1n) is 7.90. The number of carbonyl (C=O) groups excluding carboxylic acids is 1. The van der Waals surface area contributed by atoms with Crippen LogP contribution in [0.15, 0.2) is 30.9 Å². The van der Waals surface area contributed by atoms with Crippen LogP contribution in [0.4, 0.5) is 5.69 Å². The monoisotopic (exact) mass is 358 g/mol. The molecular weight excluding hydrogens is 340 g/mol.